The number of benzene rings is 3. The van der Waals surface area contributed by atoms with Gasteiger partial charge in [-0.05, 0) is 24.2 Å². The summed E-state index contributed by atoms with van der Waals surface area (Å²) in [5.41, 5.74) is 7.90. The van der Waals surface area contributed by atoms with Crippen LogP contribution in [0.25, 0.3) is 0 Å². The summed E-state index contributed by atoms with van der Waals surface area (Å²) in [7, 11) is -6.00. The van der Waals surface area contributed by atoms with Crippen molar-refractivity contribution >= 4 is 24.5 Å². The number of hydrogen-bond acceptors (Lipinski definition) is 3. The van der Waals surface area contributed by atoms with Gasteiger partial charge >= 0.3 is 7.25 Å². The van der Waals surface area contributed by atoms with Crippen LogP contribution in [-0.4, -0.2) is 13.1 Å². The smallest absolute Gasteiger partial charge is 0.418 e. The molecule has 150 valence electrons. The molecule has 1 aliphatic rings. The molecule has 4 nitrogen and oxygen atoms in total. The first-order chi connectivity index (χ1) is 13.8. The van der Waals surface area contributed by atoms with Crippen molar-refractivity contribution in [3.8, 4) is 0 Å². The van der Waals surface area contributed by atoms with Crippen LogP contribution in [0.5, 0.6) is 0 Å². The number of hydrazine groups is 1. The van der Waals surface area contributed by atoms with Gasteiger partial charge < -0.3 is 17.3 Å². The molecule has 0 fully saturated rings. The molecule has 1 heterocycles. The van der Waals surface area contributed by atoms with Crippen LogP contribution in [0.15, 0.2) is 90.0 Å². The highest BCUT2D eigenvalue weighted by Gasteiger charge is 2.32. The third-order valence-electron chi connectivity index (χ3n) is 4.09. The van der Waals surface area contributed by atoms with Crippen molar-refractivity contribution in [3.63, 3.8) is 0 Å². The van der Waals surface area contributed by atoms with Crippen molar-refractivity contribution in [2.45, 2.75) is 6.92 Å². The maximum Gasteiger partial charge on any atom is 0.673 e. The zero-order valence-electron chi connectivity index (χ0n) is 15.6. The van der Waals surface area contributed by atoms with Crippen LogP contribution in [0.4, 0.5) is 28.6 Å². The Morgan fingerprint density at radius 3 is 1.90 bits per heavy atom. The van der Waals surface area contributed by atoms with Crippen molar-refractivity contribution in [1.29, 1.82) is 0 Å². The Kier molecular flexibility index (Phi) is 6.18. The molecule has 1 aliphatic heterocycles. The second-order valence-corrected chi connectivity index (χ2v) is 6.24. The third kappa shape index (κ3) is 5.58. The highest BCUT2D eigenvalue weighted by molar-refractivity contribution is 6.50. The Morgan fingerprint density at radius 2 is 1.31 bits per heavy atom. The highest BCUT2D eigenvalue weighted by atomic mass is 19.5. The van der Waals surface area contributed by atoms with Crippen molar-refractivity contribution in [2.75, 3.05) is 5.12 Å². The summed E-state index contributed by atoms with van der Waals surface area (Å²) in [5, 5.41) is 7.86. The van der Waals surface area contributed by atoms with Crippen LogP contribution in [-0.2, 0) is 0 Å². The molecule has 0 radical (unpaired) electrons. The predicted molar refractivity (Wildman–Crippen MR) is 107 cm³/mol. The molecule has 2 N–H and O–H groups in total. The maximum atomic E-state index is 9.75. The average molecular weight is 402 g/mol. The largest absolute Gasteiger partial charge is 0.673 e. The summed E-state index contributed by atoms with van der Waals surface area (Å²) >= 11 is 0. The van der Waals surface area contributed by atoms with Gasteiger partial charge in [-0.2, -0.15) is 0 Å². The van der Waals surface area contributed by atoms with Crippen LogP contribution in [0, 0.1) is 6.92 Å². The van der Waals surface area contributed by atoms with Crippen LogP contribution >= 0.6 is 0 Å². The Morgan fingerprint density at radius 1 is 0.793 bits per heavy atom. The lowest BCUT2D eigenvalue weighted by molar-refractivity contribution is -0.846. The summed E-state index contributed by atoms with van der Waals surface area (Å²) in [5.74, 6) is 0.859. The maximum absolute atomic E-state index is 9.75. The van der Waals surface area contributed by atoms with Gasteiger partial charge in [0.2, 0.25) is 5.84 Å². The lowest BCUT2D eigenvalue weighted by atomic mass is 10.2. The van der Waals surface area contributed by atoms with Crippen LogP contribution in [0.3, 0.4) is 0 Å². The molecule has 3 aromatic carbocycles. The summed E-state index contributed by atoms with van der Waals surface area (Å²) in [6.45, 7) is 2.11. The molecule has 4 rings (SSSR count). The molecule has 0 aliphatic carbocycles. The average Bonchev–Trinajstić information content (AvgIpc) is 3.14. The van der Waals surface area contributed by atoms with Crippen molar-refractivity contribution < 1.29 is 22.4 Å². The molecule has 0 bridgehead atoms. The Hall–Kier alpha value is -3.33. The first kappa shape index (κ1) is 20.4. The summed E-state index contributed by atoms with van der Waals surface area (Å²) in [6.07, 6.45) is 0. The molecule has 1 unspecified atom stereocenters. The highest BCUT2D eigenvalue weighted by Crippen LogP contribution is 2.15. The molecule has 0 saturated heterocycles. The molecular formula is C20H19BF4N4. The fourth-order valence-corrected chi connectivity index (χ4v) is 2.83. The molecule has 1 atom stereocenters. The number of anilines is 1. The zero-order chi connectivity index (χ0) is 20.9. The number of nitrogens with one attached hydrogen (secondary N) is 2. The van der Waals surface area contributed by atoms with Gasteiger partial charge in [0.1, 0.15) is 5.69 Å². The molecule has 9 heteroatoms. The Balaban J connectivity index is 0.000000431. The number of aryl methyl sites for hydroxylation is 1. The van der Waals surface area contributed by atoms with Crippen LogP contribution in [0.1, 0.15) is 11.1 Å². The fourth-order valence-electron chi connectivity index (χ4n) is 2.83. The first-order valence-corrected chi connectivity index (χ1v) is 8.89. The monoisotopic (exact) mass is 402 g/mol. The number of quaternary nitrogens is 1. The minimum Gasteiger partial charge on any atom is -0.418 e. The summed E-state index contributed by atoms with van der Waals surface area (Å²) in [4.78, 5) is 0. The number of hydrogen-bond donors (Lipinski definition) is 2. The van der Waals surface area contributed by atoms with Crippen LogP contribution < -0.4 is 15.7 Å². The van der Waals surface area contributed by atoms with Gasteiger partial charge in [-0.3, -0.25) is 0 Å². The van der Waals surface area contributed by atoms with E-state index < -0.39 is 7.25 Å². The molecule has 29 heavy (non-hydrogen) atoms. The molecular weight excluding hydrogens is 383 g/mol. The molecule has 0 spiro atoms. The molecule has 0 saturated carbocycles. The van der Waals surface area contributed by atoms with E-state index in [1.807, 2.05) is 41.5 Å². The van der Waals surface area contributed by atoms with Gasteiger partial charge in [0.25, 0.3) is 0 Å². The van der Waals surface area contributed by atoms with E-state index in [4.69, 9.17) is 5.10 Å². The van der Waals surface area contributed by atoms with Crippen molar-refractivity contribution in [3.05, 3.63) is 96.1 Å². The van der Waals surface area contributed by atoms with Gasteiger partial charge in [0.15, 0.2) is 5.69 Å². The molecule has 0 amide bonds. The Bertz CT molecular complexity index is 959. The summed E-state index contributed by atoms with van der Waals surface area (Å²) in [6, 6.07) is 28.8. The van der Waals surface area contributed by atoms with E-state index in [0.29, 0.717) is 0 Å². The lowest BCUT2D eigenvalue weighted by Crippen LogP contribution is -3.10. The van der Waals surface area contributed by atoms with E-state index in [1.165, 1.54) is 5.56 Å². The van der Waals surface area contributed by atoms with Gasteiger partial charge in [0, 0.05) is 17.2 Å². The van der Waals surface area contributed by atoms with Crippen molar-refractivity contribution in [2.24, 2.45) is 5.10 Å². The summed E-state index contributed by atoms with van der Waals surface area (Å²) < 4.78 is 39.0. The zero-order valence-corrected chi connectivity index (χ0v) is 15.6. The van der Waals surface area contributed by atoms with E-state index in [2.05, 4.69) is 60.9 Å². The van der Waals surface area contributed by atoms with E-state index in [9.17, 15) is 17.3 Å². The second-order valence-electron chi connectivity index (χ2n) is 6.24. The topological polar surface area (TPSA) is 32.1 Å². The van der Waals surface area contributed by atoms with E-state index in [-0.39, 0.29) is 0 Å². The standard InChI is InChI=1S/C20H18N4.BF4/c1-16-10-8-9-15-19(16)24-22-20(17-11-4-2-5-12-17)21-23(24)18-13-6-3-7-14-18;2-1(3,4)5/h2-15H,1H3,(H,21,22);/q;-1/p+1. The van der Waals surface area contributed by atoms with E-state index in [1.54, 1.807) is 0 Å². The lowest BCUT2D eigenvalue weighted by Gasteiger charge is -2.22. The van der Waals surface area contributed by atoms with E-state index in [0.717, 1.165) is 27.9 Å². The third-order valence-corrected chi connectivity index (χ3v) is 4.09. The molecule has 0 aromatic heterocycles. The molecule has 3 aromatic rings. The van der Waals surface area contributed by atoms with E-state index >= 15 is 0 Å². The fraction of sp³-hybridized carbons (Fsp3) is 0.0500. The quantitative estimate of drug-likeness (QED) is 0.511. The predicted octanol–water partition coefficient (Wildman–Crippen LogP) is 4.11. The van der Waals surface area contributed by atoms with Gasteiger partial charge in [-0.1, -0.05) is 77.0 Å². The number of halogens is 4. The first-order valence-electron chi connectivity index (χ1n) is 8.89. The normalized spacial score (nSPS) is 15.8. The minimum atomic E-state index is -6.00. The van der Waals surface area contributed by atoms with Gasteiger partial charge in [0.05, 0.1) is 0 Å². The van der Waals surface area contributed by atoms with Crippen LogP contribution in [0.2, 0.25) is 0 Å². The number of amidine groups is 1. The number of para-hydroxylation sites is 1. The van der Waals surface area contributed by atoms with Gasteiger partial charge in [-0.15, -0.1) is 0 Å². The minimum absolute atomic E-state index is 0.859. The Labute approximate surface area is 166 Å². The number of nitrogens with zero attached hydrogens (tertiary/aromatic N) is 2. The number of rotatable bonds is 3. The van der Waals surface area contributed by atoms with Gasteiger partial charge in [-0.25, -0.2) is 5.43 Å². The van der Waals surface area contributed by atoms with Crippen molar-refractivity contribution in [1.82, 2.24) is 5.43 Å². The second kappa shape index (κ2) is 8.79. The SMILES string of the molecule is Cc1ccccc1[NH+]1N=C(c2ccccc2)NN1c1ccccc1.F[B-](F)(F)F.